The van der Waals surface area contributed by atoms with E-state index >= 15 is 0 Å². The van der Waals surface area contributed by atoms with Gasteiger partial charge in [0.2, 0.25) is 5.91 Å². The highest BCUT2D eigenvalue weighted by molar-refractivity contribution is 7.47. The Hall–Kier alpha value is -2.04. The molecule has 4 N–H and O–H groups in total. The first-order valence-corrected chi connectivity index (χ1v) is 20.9. The van der Waals surface area contributed by atoms with E-state index in [0.29, 0.717) is 12.8 Å². The summed E-state index contributed by atoms with van der Waals surface area (Å²) in [5.41, 5.74) is 0. The summed E-state index contributed by atoms with van der Waals surface area (Å²) in [5.74, 6) is -2.39. The number of carbonyl (C=O) groups excluding carboxylic acids is 2. The van der Waals surface area contributed by atoms with E-state index in [9.17, 15) is 34.1 Å². The lowest BCUT2D eigenvalue weighted by atomic mass is 10.1. The Morgan fingerprint density at radius 2 is 1.10 bits per heavy atom. The van der Waals surface area contributed by atoms with E-state index in [1.165, 1.54) is 64.2 Å². The van der Waals surface area contributed by atoms with Crippen molar-refractivity contribution in [3.8, 4) is 0 Å². The summed E-state index contributed by atoms with van der Waals surface area (Å²) in [6, 6.07) is -1.55. The number of phosphoric acid groups is 1. The van der Waals surface area contributed by atoms with Gasteiger partial charge >= 0.3 is 19.8 Å². The first-order chi connectivity index (χ1) is 24.1. The molecule has 0 aromatic carbocycles. The summed E-state index contributed by atoms with van der Waals surface area (Å²) in [4.78, 5) is 45.7. The molecule has 0 radical (unpaired) electrons. The van der Waals surface area contributed by atoms with Crippen molar-refractivity contribution < 1.29 is 47.8 Å². The molecule has 0 aliphatic heterocycles. The molecular formula is C38H70NO10P. The van der Waals surface area contributed by atoms with Gasteiger partial charge in [0.25, 0.3) is 0 Å². The number of ether oxygens (including phenoxy) is 1. The molecule has 0 spiro atoms. The van der Waals surface area contributed by atoms with Crippen LogP contribution in [0.25, 0.3) is 0 Å². The number of hydrogen-bond donors (Lipinski definition) is 4. The molecule has 50 heavy (non-hydrogen) atoms. The first kappa shape index (κ1) is 48.0. The lowest BCUT2D eigenvalue weighted by molar-refractivity contribution is -0.147. The van der Waals surface area contributed by atoms with Gasteiger partial charge in [0.05, 0.1) is 13.2 Å². The molecule has 0 aliphatic rings. The predicted octanol–water partition coefficient (Wildman–Crippen LogP) is 9.11. The number of aliphatic hydroxyl groups is 1. The van der Waals surface area contributed by atoms with Crippen LogP contribution in [0.1, 0.15) is 168 Å². The van der Waals surface area contributed by atoms with Gasteiger partial charge in [-0.3, -0.25) is 18.6 Å². The summed E-state index contributed by atoms with van der Waals surface area (Å²) in [5, 5.41) is 21.7. The van der Waals surface area contributed by atoms with Gasteiger partial charge < -0.3 is 25.2 Å². The second-order valence-electron chi connectivity index (χ2n) is 13.1. The van der Waals surface area contributed by atoms with Gasteiger partial charge in [-0.05, 0) is 44.9 Å². The molecule has 0 saturated carbocycles. The molecule has 3 unspecified atom stereocenters. The van der Waals surface area contributed by atoms with Crippen molar-refractivity contribution in [2.24, 2.45) is 0 Å². The van der Waals surface area contributed by atoms with Gasteiger partial charge in [-0.2, -0.15) is 0 Å². The molecule has 0 saturated heterocycles. The zero-order valence-corrected chi connectivity index (χ0v) is 32.1. The van der Waals surface area contributed by atoms with Crippen molar-refractivity contribution in [2.45, 2.75) is 180 Å². The second kappa shape index (κ2) is 34.1. The number of rotatable bonds is 36. The highest BCUT2D eigenvalue weighted by atomic mass is 31.2. The minimum atomic E-state index is -4.75. The maximum atomic E-state index is 12.3. The third kappa shape index (κ3) is 33.1. The van der Waals surface area contributed by atoms with E-state index in [0.717, 1.165) is 64.2 Å². The van der Waals surface area contributed by atoms with Crippen LogP contribution in [-0.2, 0) is 32.7 Å². The molecule has 0 aliphatic carbocycles. The molecule has 3 atom stereocenters. The maximum Gasteiger partial charge on any atom is 0.472 e. The van der Waals surface area contributed by atoms with E-state index in [2.05, 4.69) is 43.5 Å². The second-order valence-corrected chi connectivity index (χ2v) is 14.6. The Bertz CT molecular complexity index is 958. The molecule has 0 aromatic heterocycles. The number of allylic oxidation sites excluding steroid dienone is 4. The fraction of sp³-hybridized carbons (Fsp3) is 0.816. The Morgan fingerprint density at radius 1 is 0.640 bits per heavy atom. The zero-order valence-electron chi connectivity index (χ0n) is 31.2. The van der Waals surface area contributed by atoms with Gasteiger partial charge in [0.15, 0.2) is 6.04 Å². The molecule has 11 nitrogen and oxygen atoms in total. The lowest BCUT2D eigenvalue weighted by Gasteiger charge is -2.18. The maximum absolute atomic E-state index is 12.3. The fourth-order valence-corrected chi connectivity index (χ4v) is 5.94. The molecule has 0 heterocycles. The highest BCUT2D eigenvalue weighted by Crippen LogP contribution is 2.43. The average molecular weight is 732 g/mol. The number of carboxylic acids is 1. The third-order valence-electron chi connectivity index (χ3n) is 8.24. The molecule has 0 rings (SSSR count). The standard InChI is InChI=1S/C38H70NO10P/c1-3-5-7-9-11-13-15-16-17-18-19-20-21-23-25-27-29-36(41)39-35(38(43)44)33-49-50(45,46)48-32-34(40)31-47-37(42)30-28-26-24-22-14-12-10-8-6-4-2/h13,15,17-18,34-35,40H,3-12,14,16,19-33H2,1-2H3,(H,39,41)(H,43,44)(H,45,46)/b15-13-,18-17-. The zero-order chi connectivity index (χ0) is 37.1. The van der Waals surface area contributed by atoms with Crippen molar-refractivity contribution in [2.75, 3.05) is 19.8 Å². The largest absolute Gasteiger partial charge is 0.480 e. The van der Waals surface area contributed by atoms with E-state index in [1.54, 1.807) is 0 Å². The van der Waals surface area contributed by atoms with E-state index < -0.39 is 57.6 Å². The number of hydrogen-bond acceptors (Lipinski definition) is 8. The SMILES string of the molecule is CCCCCC/C=C\C/C=C\CCCCCCCC(=O)NC(COP(=O)(O)OCC(O)COC(=O)CCCCCCCCCCCC)C(=O)O. The molecular weight excluding hydrogens is 661 g/mol. The van der Waals surface area contributed by atoms with Crippen LogP contribution in [0, 0.1) is 0 Å². The van der Waals surface area contributed by atoms with Crippen LogP contribution in [-0.4, -0.2) is 64.9 Å². The fourth-order valence-electron chi connectivity index (χ4n) is 5.17. The Kier molecular flexibility index (Phi) is 32.7. The summed E-state index contributed by atoms with van der Waals surface area (Å²) < 4.78 is 26.7. The van der Waals surface area contributed by atoms with Crippen LogP contribution in [0.5, 0.6) is 0 Å². The summed E-state index contributed by atoms with van der Waals surface area (Å²) >= 11 is 0. The topological polar surface area (TPSA) is 169 Å². The minimum absolute atomic E-state index is 0.131. The van der Waals surface area contributed by atoms with Crippen molar-refractivity contribution in [3.63, 3.8) is 0 Å². The van der Waals surface area contributed by atoms with Crippen LogP contribution in [0.3, 0.4) is 0 Å². The number of aliphatic hydroxyl groups excluding tert-OH is 1. The monoisotopic (exact) mass is 731 g/mol. The lowest BCUT2D eigenvalue weighted by Crippen LogP contribution is -2.43. The Morgan fingerprint density at radius 3 is 1.64 bits per heavy atom. The summed E-state index contributed by atoms with van der Waals surface area (Å²) in [6.07, 6.45) is 32.1. The van der Waals surface area contributed by atoms with Crippen LogP contribution in [0.2, 0.25) is 0 Å². The first-order valence-electron chi connectivity index (χ1n) is 19.4. The molecule has 0 fully saturated rings. The number of phosphoric ester groups is 1. The van der Waals surface area contributed by atoms with Gasteiger partial charge in [-0.1, -0.05) is 134 Å². The van der Waals surface area contributed by atoms with Crippen molar-refractivity contribution in [3.05, 3.63) is 24.3 Å². The molecule has 1 amide bonds. The summed E-state index contributed by atoms with van der Waals surface area (Å²) in [7, 11) is -4.75. The average Bonchev–Trinajstić information content (AvgIpc) is 3.08. The quantitative estimate of drug-likeness (QED) is 0.0211. The number of unbranched alkanes of at least 4 members (excludes halogenated alkanes) is 18. The number of aliphatic carboxylic acids is 1. The predicted molar refractivity (Wildman–Crippen MR) is 199 cm³/mol. The third-order valence-corrected chi connectivity index (χ3v) is 9.19. The minimum Gasteiger partial charge on any atom is -0.480 e. The number of amides is 1. The summed E-state index contributed by atoms with van der Waals surface area (Å²) in [6.45, 7) is 2.53. The smallest absolute Gasteiger partial charge is 0.472 e. The molecule has 0 bridgehead atoms. The number of esters is 1. The Balaban J connectivity index is 3.99. The Labute approximate surface area is 302 Å². The normalized spacial score (nSPS) is 14.2. The van der Waals surface area contributed by atoms with Gasteiger partial charge in [-0.15, -0.1) is 0 Å². The van der Waals surface area contributed by atoms with Gasteiger partial charge in [-0.25, -0.2) is 9.36 Å². The van der Waals surface area contributed by atoms with E-state index in [4.69, 9.17) is 13.8 Å². The van der Waals surface area contributed by atoms with E-state index in [1.807, 2.05) is 0 Å². The number of carboxylic acid groups (broad SMARTS) is 1. The highest BCUT2D eigenvalue weighted by Gasteiger charge is 2.28. The van der Waals surface area contributed by atoms with Crippen LogP contribution in [0.15, 0.2) is 24.3 Å². The molecule has 292 valence electrons. The van der Waals surface area contributed by atoms with Gasteiger partial charge in [0, 0.05) is 12.8 Å². The van der Waals surface area contributed by atoms with E-state index in [-0.39, 0.29) is 12.8 Å². The molecule has 0 aromatic rings. The van der Waals surface area contributed by atoms with Crippen molar-refractivity contribution in [1.82, 2.24) is 5.32 Å². The van der Waals surface area contributed by atoms with Crippen LogP contribution in [0.4, 0.5) is 0 Å². The number of nitrogens with one attached hydrogen (secondary N) is 1. The van der Waals surface area contributed by atoms with Crippen LogP contribution >= 0.6 is 7.82 Å². The van der Waals surface area contributed by atoms with Crippen molar-refractivity contribution >= 4 is 25.7 Å². The molecule has 12 heteroatoms. The number of carbonyl (C=O) groups is 3. The van der Waals surface area contributed by atoms with Gasteiger partial charge in [0.1, 0.15) is 12.7 Å². The van der Waals surface area contributed by atoms with Crippen LogP contribution < -0.4 is 5.32 Å². The van der Waals surface area contributed by atoms with Crippen molar-refractivity contribution in [1.29, 1.82) is 0 Å².